The zero-order valence-corrected chi connectivity index (χ0v) is 10.1. The molecule has 0 bridgehead atoms. The van der Waals surface area contributed by atoms with Gasteiger partial charge in [0, 0.05) is 12.1 Å². The Morgan fingerprint density at radius 3 is 2.88 bits per heavy atom. The number of carbonyl (C=O) groups excluding carboxylic acids is 1. The van der Waals surface area contributed by atoms with Crippen LogP contribution in [0.25, 0.3) is 0 Å². The maximum atomic E-state index is 11.6. The highest BCUT2D eigenvalue weighted by molar-refractivity contribution is 5.71. The average Bonchev–Trinajstić information content (AvgIpc) is 2.67. The van der Waals surface area contributed by atoms with Crippen molar-refractivity contribution >= 4 is 6.09 Å². The van der Waals surface area contributed by atoms with Crippen LogP contribution in [0.1, 0.15) is 37.7 Å². The second kappa shape index (κ2) is 3.59. The Bertz CT molecular complexity index is 435. The molecule has 1 N–H and O–H groups in total. The summed E-state index contributed by atoms with van der Waals surface area (Å²) < 4.78 is 6.31. The van der Waals surface area contributed by atoms with Crippen molar-refractivity contribution in [3.63, 3.8) is 0 Å². The Morgan fingerprint density at radius 1 is 1.62 bits per heavy atom. The third-order valence-corrected chi connectivity index (χ3v) is 2.98. The summed E-state index contributed by atoms with van der Waals surface area (Å²) in [6.07, 6.45) is -0.398. The lowest BCUT2D eigenvalue weighted by atomic mass is 10.0. The van der Waals surface area contributed by atoms with Gasteiger partial charge in [0.05, 0.1) is 23.5 Å². The van der Waals surface area contributed by atoms with E-state index in [4.69, 9.17) is 4.74 Å². The molecule has 1 aliphatic heterocycles. The summed E-state index contributed by atoms with van der Waals surface area (Å²) in [5.41, 5.74) is 2.75. The Kier molecular flexibility index (Phi) is 2.50. The number of nitrogens with one attached hydrogen (secondary N) is 1. The number of aromatic nitrogens is 2. The van der Waals surface area contributed by atoms with Gasteiger partial charge in [0.25, 0.3) is 0 Å². The Morgan fingerprint density at radius 2 is 2.31 bits per heavy atom. The van der Waals surface area contributed by atoms with E-state index in [1.54, 1.807) is 6.92 Å². The van der Waals surface area contributed by atoms with Crippen LogP contribution in [0.15, 0.2) is 0 Å². The van der Waals surface area contributed by atoms with E-state index in [1.165, 1.54) is 4.68 Å². The molecule has 88 valence electrons. The summed E-state index contributed by atoms with van der Waals surface area (Å²) in [4.78, 5) is 11.6. The first-order chi connectivity index (χ1) is 7.47. The van der Waals surface area contributed by atoms with Gasteiger partial charge in [-0.1, -0.05) is 0 Å². The third kappa shape index (κ3) is 1.51. The molecule has 0 saturated heterocycles. The van der Waals surface area contributed by atoms with Crippen LogP contribution in [-0.4, -0.2) is 22.5 Å². The fourth-order valence-corrected chi connectivity index (χ4v) is 2.00. The fraction of sp³-hybridized carbons (Fsp3) is 0.636. The number of hydrogen-bond donors (Lipinski definition) is 1. The molecule has 2 rings (SSSR count). The molecule has 16 heavy (non-hydrogen) atoms. The average molecular weight is 223 g/mol. The molecule has 5 heteroatoms. The lowest BCUT2D eigenvalue weighted by Crippen LogP contribution is -2.31. The van der Waals surface area contributed by atoms with E-state index in [1.807, 2.05) is 6.92 Å². The van der Waals surface area contributed by atoms with Crippen molar-refractivity contribution in [3.05, 3.63) is 17.0 Å². The molecule has 5 nitrogen and oxygen atoms in total. The van der Waals surface area contributed by atoms with Crippen LogP contribution in [0.3, 0.4) is 0 Å². The highest BCUT2D eigenvalue weighted by atomic mass is 16.5. The molecule has 1 aromatic rings. The monoisotopic (exact) mass is 223 g/mol. The second-order valence-electron chi connectivity index (χ2n) is 4.50. The van der Waals surface area contributed by atoms with Gasteiger partial charge in [-0.05, 0) is 27.7 Å². The number of hydrogen-bond acceptors (Lipinski definition) is 4. The molecule has 0 unspecified atom stereocenters. The molecule has 0 saturated carbocycles. The van der Waals surface area contributed by atoms with Gasteiger partial charge in [0.2, 0.25) is 0 Å². The lowest BCUT2D eigenvalue weighted by Gasteiger charge is -2.17. The number of rotatable bonds is 1. The second-order valence-corrected chi connectivity index (χ2v) is 4.50. The van der Waals surface area contributed by atoms with Crippen molar-refractivity contribution in [2.45, 2.75) is 39.8 Å². The Hall–Kier alpha value is -1.36. The minimum absolute atomic E-state index is 0.169. The van der Waals surface area contributed by atoms with Crippen LogP contribution in [0.2, 0.25) is 0 Å². The molecule has 0 atom stereocenters. The van der Waals surface area contributed by atoms with E-state index in [0.29, 0.717) is 6.61 Å². The molecule has 2 heterocycles. The van der Waals surface area contributed by atoms with Crippen molar-refractivity contribution in [3.8, 4) is 0 Å². The first kappa shape index (κ1) is 11.1. The summed E-state index contributed by atoms with van der Waals surface area (Å²) in [7, 11) is 0. The molecule has 0 radical (unpaired) electrons. The van der Waals surface area contributed by atoms with Crippen LogP contribution >= 0.6 is 0 Å². The number of fused-ring (bicyclic) bond motifs is 1. The lowest BCUT2D eigenvalue weighted by molar-refractivity contribution is 0.149. The molecule has 0 aliphatic carbocycles. The largest absolute Gasteiger partial charge is 0.448 e. The molecule has 1 aliphatic rings. The van der Waals surface area contributed by atoms with Crippen LogP contribution in [0, 0.1) is 6.92 Å². The standard InChI is InChI=1S/C11H17N3O2/c1-5-16-10(15)14-7(2)8-6-12-11(3,4)9(8)13-14/h12H,5-6H2,1-4H3. The molecule has 0 spiro atoms. The van der Waals surface area contributed by atoms with E-state index in [2.05, 4.69) is 24.3 Å². The van der Waals surface area contributed by atoms with Gasteiger partial charge < -0.3 is 10.1 Å². The minimum atomic E-state index is -0.398. The van der Waals surface area contributed by atoms with Crippen molar-refractivity contribution in [1.82, 2.24) is 15.1 Å². The highest BCUT2D eigenvalue weighted by Gasteiger charge is 2.35. The van der Waals surface area contributed by atoms with Crippen LogP contribution in [0.5, 0.6) is 0 Å². The summed E-state index contributed by atoms with van der Waals surface area (Å²) in [6, 6.07) is 0. The van der Waals surface area contributed by atoms with Crippen LogP contribution < -0.4 is 5.32 Å². The fourth-order valence-electron chi connectivity index (χ4n) is 2.00. The summed E-state index contributed by atoms with van der Waals surface area (Å²) >= 11 is 0. The third-order valence-electron chi connectivity index (χ3n) is 2.98. The van der Waals surface area contributed by atoms with Crippen molar-refractivity contribution < 1.29 is 9.53 Å². The molecule has 1 aromatic heterocycles. The zero-order valence-electron chi connectivity index (χ0n) is 10.1. The summed E-state index contributed by atoms with van der Waals surface area (Å²) in [5, 5.41) is 7.69. The maximum absolute atomic E-state index is 11.6. The maximum Gasteiger partial charge on any atom is 0.434 e. The van der Waals surface area contributed by atoms with E-state index >= 15 is 0 Å². The number of nitrogens with zero attached hydrogens (tertiary/aromatic N) is 2. The van der Waals surface area contributed by atoms with E-state index < -0.39 is 6.09 Å². The van der Waals surface area contributed by atoms with E-state index in [0.717, 1.165) is 23.5 Å². The van der Waals surface area contributed by atoms with Crippen molar-refractivity contribution in [2.24, 2.45) is 0 Å². The normalized spacial score (nSPS) is 17.2. The Labute approximate surface area is 94.8 Å². The molecule has 0 aromatic carbocycles. The van der Waals surface area contributed by atoms with Gasteiger partial charge >= 0.3 is 6.09 Å². The minimum Gasteiger partial charge on any atom is -0.448 e. The quantitative estimate of drug-likeness (QED) is 0.784. The van der Waals surface area contributed by atoms with Crippen molar-refractivity contribution in [1.29, 1.82) is 0 Å². The van der Waals surface area contributed by atoms with Gasteiger partial charge in [-0.25, -0.2) is 4.79 Å². The highest BCUT2D eigenvalue weighted by Crippen LogP contribution is 2.31. The Balaban J connectivity index is 2.42. The van der Waals surface area contributed by atoms with Gasteiger partial charge in [0.15, 0.2) is 0 Å². The summed E-state index contributed by atoms with van der Waals surface area (Å²) in [6.45, 7) is 8.92. The first-order valence-electron chi connectivity index (χ1n) is 5.48. The van der Waals surface area contributed by atoms with E-state index in [9.17, 15) is 4.79 Å². The predicted octanol–water partition coefficient (Wildman–Crippen LogP) is 1.53. The van der Waals surface area contributed by atoms with Gasteiger partial charge in [0.1, 0.15) is 0 Å². The van der Waals surface area contributed by atoms with Gasteiger partial charge in [-0.15, -0.1) is 0 Å². The summed E-state index contributed by atoms with van der Waals surface area (Å²) in [5.74, 6) is 0. The molecular weight excluding hydrogens is 206 g/mol. The number of ether oxygens (including phenoxy) is 1. The molecular formula is C11H17N3O2. The van der Waals surface area contributed by atoms with Crippen LogP contribution in [0.4, 0.5) is 4.79 Å². The molecule has 0 fully saturated rings. The van der Waals surface area contributed by atoms with Gasteiger partial charge in [-0.3, -0.25) is 0 Å². The SMILES string of the molecule is CCOC(=O)n1nc2c(c1C)CNC2(C)C. The first-order valence-corrected chi connectivity index (χ1v) is 5.48. The molecule has 0 amide bonds. The zero-order chi connectivity index (χ0) is 11.9. The smallest absolute Gasteiger partial charge is 0.434 e. The topological polar surface area (TPSA) is 56.2 Å². The van der Waals surface area contributed by atoms with Gasteiger partial charge in [-0.2, -0.15) is 9.78 Å². The predicted molar refractivity (Wildman–Crippen MR) is 59.2 cm³/mol. The number of carbonyl (C=O) groups is 1. The van der Waals surface area contributed by atoms with Crippen molar-refractivity contribution in [2.75, 3.05) is 6.61 Å². The van der Waals surface area contributed by atoms with Crippen LogP contribution in [-0.2, 0) is 16.8 Å². The van der Waals surface area contributed by atoms with E-state index in [-0.39, 0.29) is 5.54 Å².